The molecule has 2 aliphatic heterocycles. The first kappa shape index (κ1) is 9.93. The van der Waals surface area contributed by atoms with E-state index >= 15 is 0 Å². The smallest absolute Gasteiger partial charge is 0.223 e. The highest BCUT2D eigenvalue weighted by Gasteiger charge is 2.38. The third kappa shape index (κ3) is 1.77. The number of rotatable bonds is 2. The van der Waals surface area contributed by atoms with E-state index in [0.717, 1.165) is 26.2 Å². The van der Waals surface area contributed by atoms with Crippen molar-refractivity contribution in [2.24, 2.45) is 17.6 Å². The molecule has 4 nitrogen and oxygen atoms in total. The fourth-order valence-corrected chi connectivity index (χ4v) is 2.51. The second kappa shape index (κ2) is 3.87. The predicted molar refractivity (Wildman–Crippen MR) is 54.7 cm³/mol. The second-order valence-electron chi connectivity index (χ2n) is 4.59. The number of nitrogens with two attached hydrogens (primary N) is 1. The van der Waals surface area contributed by atoms with Crippen LogP contribution in [-0.4, -0.2) is 43.0 Å². The molecule has 2 atom stereocenters. The summed E-state index contributed by atoms with van der Waals surface area (Å²) in [6.45, 7) is 6.23. The van der Waals surface area contributed by atoms with Gasteiger partial charge in [0.2, 0.25) is 5.91 Å². The third-order valence-corrected chi connectivity index (χ3v) is 3.52. The molecule has 2 saturated heterocycles. The predicted octanol–water partition coefficient (Wildman–Crippen LogP) is -0.598. The minimum Gasteiger partial charge on any atom is -0.369 e. The van der Waals surface area contributed by atoms with Crippen molar-refractivity contribution < 1.29 is 4.79 Å². The van der Waals surface area contributed by atoms with Crippen molar-refractivity contribution in [3.05, 3.63) is 0 Å². The van der Waals surface area contributed by atoms with E-state index in [-0.39, 0.29) is 11.8 Å². The number of carbonyl (C=O) groups excluding carboxylic acids is 1. The van der Waals surface area contributed by atoms with Crippen LogP contribution in [0.1, 0.15) is 13.3 Å². The molecule has 4 heteroatoms. The highest BCUT2D eigenvalue weighted by molar-refractivity contribution is 5.78. The van der Waals surface area contributed by atoms with Gasteiger partial charge in [-0.05, 0) is 25.4 Å². The van der Waals surface area contributed by atoms with Gasteiger partial charge >= 0.3 is 0 Å². The molecule has 0 radical (unpaired) electrons. The van der Waals surface area contributed by atoms with Crippen molar-refractivity contribution in [1.29, 1.82) is 0 Å². The Morgan fingerprint density at radius 3 is 2.79 bits per heavy atom. The van der Waals surface area contributed by atoms with Gasteiger partial charge in [-0.2, -0.15) is 0 Å². The largest absolute Gasteiger partial charge is 0.369 e. The average molecular weight is 197 g/mol. The fourth-order valence-electron chi connectivity index (χ4n) is 2.51. The van der Waals surface area contributed by atoms with Crippen LogP contribution in [0, 0.1) is 11.8 Å². The SMILES string of the molecule is CC1CNCCC1N1CC(C(N)=O)C1. The van der Waals surface area contributed by atoms with Crippen molar-refractivity contribution in [3.63, 3.8) is 0 Å². The number of likely N-dealkylation sites (tertiary alicyclic amines) is 1. The summed E-state index contributed by atoms with van der Waals surface area (Å²) in [6, 6.07) is 0.659. The van der Waals surface area contributed by atoms with E-state index in [1.807, 2.05) is 0 Å². The van der Waals surface area contributed by atoms with Crippen LogP contribution in [-0.2, 0) is 4.79 Å². The number of nitrogens with one attached hydrogen (secondary N) is 1. The van der Waals surface area contributed by atoms with Crippen molar-refractivity contribution >= 4 is 5.91 Å². The summed E-state index contributed by atoms with van der Waals surface area (Å²) in [6.07, 6.45) is 1.20. The van der Waals surface area contributed by atoms with Crippen LogP contribution in [0.2, 0.25) is 0 Å². The highest BCUT2D eigenvalue weighted by Crippen LogP contribution is 2.25. The van der Waals surface area contributed by atoms with Crippen LogP contribution >= 0.6 is 0 Å². The van der Waals surface area contributed by atoms with E-state index < -0.39 is 0 Å². The summed E-state index contributed by atoms with van der Waals surface area (Å²) in [5.41, 5.74) is 5.25. The maximum Gasteiger partial charge on any atom is 0.223 e. The van der Waals surface area contributed by atoms with E-state index in [1.165, 1.54) is 6.42 Å². The Balaban J connectivity index is 1.83. The Bertz CT molecular complexity index is 225. The topological polar surface area (TPSA) is 58.4 Å². The van der Waals surface area contributed by atoms with Crippen molar-refractivity contribution in [3.8, 4) is 0 Å². The van der Waals surface area contributed by atoms with Gasteiger partial charge in [0, 0.05) is 19.1 Å². The van der Waals surface area contributed by atoms with E-state index in [4.69, 9.17) is 5.73 Å². The van der Waals surface area contributed by atoms with Gasteiger partial charge in [0.15, 0.2) is 0 Å². The van der Waals surface area contributed by atoms with Gasteiger partial charge in [0.05, 0.1) is 5.92 Å². The monoisotopic (exact) mass is 197 g/mol. The fraction of sp³-hybridized carbons (Fsp3) is 0.900. The standard InChI is InChI=1S/C10H19N3O/c1-7-4-12-3-2-9(7)13-5-8(6-13)10(11)14/h7-9,12H,2-6H2,1H3,(H2,11,14). The maximum absolute atomic E-state index is 10.9. The number of carbonyl (C=O) groups is 1. The quantitative estimate of drug-likeness (QED) is 0.621. The Morgan fingerprint density at radius 1 is 1.50 bits per heavy atom. The molecule has 0 spiro atoms. The first-order valence-electron chi connectivity index (χ1n) is 5.42. The summed E-state index contributed by atoms with van der Waals surface area (Å²) >= 11 is 0. The van der Waals surface area contributed by atoms with Gasteiger partial charge < -0.3 is 11.1 Å². The summed E-state index contributed by atoms with van der Waals surface area (Å²) in [5.74, 6) is 0.664. The molecule has 0 aromatic rings. The number of nitrogens with zero attached hydrogens (tertiary/aromatic N) is 1. The summed E-state index contributed by atoms with van der Waals surface area (Å²) in [5, 5.41) is 3.38. The third-order valence-electron chi connectivity index (χ3n) is 3.52. The van der Waals surface area contributed by atoms with Crippen molar-refractivity contribution in [2.75, 3.05) is 26.2 Å². The normalized spacial score (nSPS) is 35.2. The van der Waals surface area contributed by atoms with Crippen molar-refractivity contribution in [2.45, 2.75) is 19.4 Å². The molecular weight excluding hydrogens is 178 g/mol. The van der Waals surface area contributed by atoms with Gasteiger partial charge in [-0.15, -0.1) is 0 Å². The molecule has 14 heavy (non-hydrogen) atoms. The zero-order valence-electron chi connectivity index (χ0n) is 8.70. The number of hydrogen-bond acceptors (Lipinski definition) is 3. The lowest BCUT2D eigenvalue weighted by atomic mass is 9.88. The lowest BCUT2D eigenvalue weighted by Gasteiger charge is -2.47. The lowest BCUT2D eigenvalue weighted by Crippen LogP contribution is -2.60. The molecule has 2 aliphatic rings. The zero-order valence-corrected chi connectivity index (χ0v) is 8.70. The first-order chi connectivity index (χ1) is 6.68. The second-order valence-corrected chi connectivity index (χ2v) is 4.59. The Labute approximate surface area is 84.8 Å². The Hall–Kier alpha value is -0.610. The van der Waals surface area contributed by atoms with Crippen LogP contribution in [0.4, 0.5) is 0 Å². The molecule has 0 aromatic heterocycles. The van der Waals surface area contributed by atoms with Gasteiger partial charge in [0.1, 0.15) is 0 Å². The maximum atomic E-state index is 10.9. The number of primary amides is 1. The summed E-state index contributed by atoms with van der Waals surface area (Å²) in [7, 11) is 0. The molecule has 0 bridgehead atoms. The first-order valence-corrected chi connectivity index (χ1v) is 5.42. The molecule has 2 rings (SSSR count). The molecule has 0 saturated carbocycles. The minimum absolute atomic E-state index is 0.108. The molecule has 2 unspecified atom stereocenters. The zero-order chi connectivity index (χ0) is 10.1. The van der Waals surface area contributed by atoms with Crippen LogP contribution in [0.25, 0.3) is 0 Å². The average Bonchev–Trinajstić information content (AvgIpc) is 2.05. The van der Waals surface area contributed by atoms with Gasteiger partial charge in [-0.25, -0.2) is 0 Å². The van der Waals surface area contributed by atoms with Gasteiger partial charge in [0.25, 0.3) is 0 Å². The van der Waals surface area contributed by atoms with Crippen LogP contribution in [0.5, 0.6) is 0 Å². The molecule has 80 valence electrons. The number of amides is 1. The summed E-state index contributed by atoms with van der Waals surface area (Å²) in [4.78, 5) is 13.3. The van der Waals surface area contributed by atoms with E-state index in [9.17, 15) is 4.79 Å². The van der Waals surface area contributed by atoms with Crippen LogP contribution in [0.3, 0.4) is 0 Å². The van der Waals surface area contributed by atoms with E-state index in [0.29, 0.717) is 12.0 Å². The van der Waals surface area contributed by atoms with E-state index in [1.54, 1.807) is 0 Å². The van der Waals surface area contributed by atoms with Gasteiger partial charge in [-0.1, -0.05) is 6.92 Å². The van der Waals surface area contributed by atoms with E-state index in [2.05, 4.69) is 17.1 Å². The number of piperidine rings is 1. The van der Waals surface area contributed by atoms with Crippen molar-refractivity contribution in [1.82, 2.24) is 10.2 Å². The minimum atomic E-state index is -0.136. The Kier molecular flexibility index (Phi) is 2.74. The lowest BCUT2D eigenvalue weighted by molar-refractivity contribution is -0.128. The molecule has 2 fully saturated rings. The molecule has 1 amide bonds. The molecular formula is C10H19N3O. The highest BCUT2D eigenvalue weighted by atomic mass is 16.1. The Morgan fingerprint density at radius 2 is 2.21 bits per heavy atom. The summed E-state index contributed by atoms with van der Waals surface area (Å²) < 4.78 is 0. The number of hydrogen-bond donors (Lipinski definition) is 2. The van der Waals surface area contributed by atoms with Crippen LogP contribution in [0.15, 0.2) is 0 Å². The molecule has 3 N–H and O–H groups in total. The molecule has 0 aromatic carbocycles. The molecule has 2 heterocycles. The molecule has 0 aliphatic carbocycles. The van der Waals surface area contributed by atoms with Gasteiger partial charge in [-0.3, -0.25) is 9.69 Å². The van der Waals surface area contributed by atoms with Crippen LogP contribution < -0.4 is 11.1 Å².